The Labute approximate surface area is 170 Å². The molecule has 1 atom stereocenters. The van der Waals surface area contributed by atoms with Crippen molar-refractivity contribution in [3.05, 3.63) is 48.0 Å². The van der Waals surface area contributed by atoms with Crippen LogP contribution in [-0.2, 0) is 11.2 Å². The fourth-order valence-corrected chi connectivity index (χ4v) is 3.32. The van der Waals surface area contributed by atoms with Gasteiger partial charge in [-0.25, -0.2) is 0 Å². The predicted molar refractivity (Wildman–Crippen MR) is 107 cm³/mol. The first-order valence-corrected chi connectivity index (χ1v) is 9.57. The topological polar surface area (TPSA) is 66.0 Å². The lowest BCUT2D eigenvalue weighted by atomic mass is 10.0. The average molecular weight is 393 g/mol. The van der Waals surface area contributed by atoms with Crippen LogP contribution in [0.1, 0.15) is 19.4 Å². The average Bonchev–Trinajstić information content (AvgIpc) is 3.04. The molecule has 2 heterocycles. The van der Waals surface area contributed by atoms with Gasteiger partial charge in [0.2, 0.25) is 6.10 Å². The Balaban J connectivity index is 1.23. The summed E-state index contributed by atoms with van der Waals surface area (Å²) in [5.41, 5.74) is 0.924. The molecule has 2 aliphatic heterocycles. The van der Waals surface area contributed by atoms with Crippen LogP contribution in [0.2, 0.25) is 0 Å². The summed E-state index contributed by atoms with van der Waals surface area (Å²) in [6.07, 6.45) is 0.171. The standard InChI is InChI=1S/C23H23NO5/c1-23(2)14-16-8-7-11-19(21(16)29-23)26-13-6-5-12-24-22(25)20-15-27-17-9-3-4-10-18(17)28-20/h3-4,7-11,20H,12-15H2,1-2H3,(H,24,25). The zero-order chi connectivity index (χ0) is 20.3. The summed E-state index contributed by atoms with van der Waals surface area (Å²) in [7, 11) is 0. The molecule has 6 heteroatoms. The molecule has 1 unspecified atom stereocenters. The summed E-state index contributed by atoms with van der Waals surface area (Å²) < 4.78 is 22.9. The van der Waals surface area contributed by atoms with Crippen LogP contribution in [0.3, 0.4) is 0 Å². The van der Waals surface area contributed by atoms with Crippen molar-refractivity contribution >= 4 is 5.91 Å². The number of amides is 1. The van der Waals surface area contributed by atoms with Crippen LogP contribution in [0, 0.1) is 11.8 Å². The number of fused-ring (bicyclic) bond motifs is 2. The van der Waals surface area contributed by atoms with Crippen LogP contribution < -0.4 is 24.3 Å². The first-order chi connectivity index (χ1) is 14.0. The Bertz CT molecular complexity index is 973. The minimum Gasteiger partial charge on any atom is -0.485 e. The summed E-state index contributed by atoms with van der Waals surface area (Å²) in [5.74, 6) is 8.23. The van der Waals surface area contributed by atoms with Gasteiger partial charge in [0.15, 0.2) is 23.0 Å². The quantitative estimate of drug-likeness (QED) is 0.810. The van der Waals surface area contributed by atoms with Gasteiger partial charge in [0.25, 0.3) is 5.91 Å². The highest BCUT2D eigenvalue weighted by Gasteiger charge is 2.32. The van der Waals surface area contributed by atoms with Crippen molar-refractivity contribution < 1.29 is 23.7 Å². The maximum absolute atomic E-state index is 12.2. The first kappa shape index (κ1) is 19.0. The van der Waals surface area contributed by atoms with Crippen LogP contribution >= 0.6 is 0 Å². The highest BCUT2D eigenvalue weighted by atomic mass is 16.6. The number of rotatable bonds is 4. The third kappa shape index (κ3) is 4.40. The van der Waals surface area contributed by atoms with E-state index >= 15 is 0 Å². The van der Waals surface area contributed by atoms with E-state index < -0.39 is 6.10 Å². The number of hydrogen-bond acceptors (Lipinski definition) is 5. The molecule has 1 N–H and O–H groups in total. The molecular weight excluding hydrogens is 370 g/mol. The summed E-state index contributed by atoms with van der Waals surface area (Å²) in [6, 6.07) is 13.2. The van der Waals surface area contributed by atoms with Crippen molar-refractivity contribution in [1.82, 2.24) is 5.32 Å². The highest BCUT2D eigenvalue weighted by molar-refractivity contribution is 5.82. The second-order valence-electron chi connectivity index (χ2n) is 7.51. The van der Waals surface area contributed by atoms with E-state index in [1.54, 1.807) is 6.07 Å². The van der Waals surface area contributed by atoms with E-state index in [0.29, 0.717) is 17.2 Å². The van der Waals surface area contributed by atoms with Crippen LogP contribution in [0.15, 0.2) is 42.5 Å². The minimum atomic E-state index is -0.685. The van der Waals surface area contributed by atoms with Gasteiger partial charge < -0.3 is 24.3 Å². The SMILES string of the molecule is CC1(C)Cc2cccc(OCC#CCNC(=O)C3COc4ccccc4O3)c2O1. The normalized spacial score (nSPS) is 17.9. The molecule has 0 saturated carbocycles. The van der Waals surface area contributed by atoms with Gasteiger partial charge in [0.05, 0.1) is 6.54 Å². The molecule has 2 aliphatic rings. The second kappa shape index (κ2) is 7.96. The summed E-state index contributed by atoms with van der Waals surface area (Å²) >= 11 is 0. The number of para-hydroxylation sites is 3. The molecule has 0 aromatic heterocycles. The molecule has 2 aromatic rings. The molecule has 6 nitrogen and oxygen atoms in total. The number of carbonyl (C=O) groups is 1. The van der Waals surface area contributed by atoms with Crippen LogP contribution in [0.5, 0.6) is 23.0 Å². The maximum Gasteiger partial charge on any atom is 0.265 e. The van der Waals surface area contributed by atoms with Crippen LogP contribution in [0.4, 0.5) is 0 Å². The Morgan fingerprint density at radius 2 is 2.00 bits per heavy atom. The van der Waals surface area contributed by atoms with Gasteiger partial charge in [-0.05, 0) is 32.0 Å². The number of nitrogens with one attached hydrogen (secondary N) is 1. The third-order valence-corrected chi connectivity index (χ3v) is 4.63. The summed E-state index contributed by atoms with van der Waals surface area (Å²) in [4.78, 5) is 12.2. The van der Waals surface area contributed by atoms with Gasteiger partial charge in [0.1, 0.15) is 18.8 Å². The van der Waals surface area contributed by atoms with Crippen molar-refractivity contribution in [3.63, 3.8) is 0 Å². The van der Waals surface area contributed by atoms with E-state index in [1.807, 2.05) is 36.4 Å². The number of hydrogen-bond donors (Lipinski definition) is 1. The molecule has 2 aromatic carbocycles. The summed E-state index contributed by atoms with van der Waals surface area (Å²) in [6.45, 7) is 4.71. The lowest BCUT2D eigenvalue weighted by Gasteiger charge is -2.25. The molecule has 0 aliphatic carbocycles. The molecule has 1 amide bonds. The van der Waals surface area contributed by atoms with Crippen molar-refractivity contribution in [2.24, 2.45) is 0 Å². The predicted octanol–water partition coefficient (Wildman–Crippen LogP) is 2.74. The zero-order valence-corrected chi connectivity index (χ0v) is 16.5. The van der Waals surface area contributed by atoms with Gasteiger partial charge in [-0.15, -0.1) is 0 Å². The first-order valence-electron chi connectivity index (χ1n) is 9.57. The molecule has 150 valence electrons. The van der Waals surface area contributed by atoms with Gasteiger partial charge in [0, 0.05) is 12.0 Å². The lowest BCUT2D eigenvalue weighted by molar-refractivity contribution is -0.130. The monoisotopic (exact) mass is 393 g/mol. The van der Waals surface area contributed by atoms with E-state index in [2.05, 4.69) is 31.0 Å². The highest BCUT2D eigenvalue weighted by Crippen LogP contribution is 2.41. The van der Waals surface area contributed by atoms with Crippen LogP contribution in [-0.4, -0.2) is 37.4 Å². The maximum atomic E-state index is 12.2. The Kier molecular flexibility index (Phi) is 5.22. The van der Waals surface area contributed by atoms with Gasteiger partial charge in [-0.3, -0.25) is 4.79 Å². The fraction of sp³-hybridized carbons (Fsp3) is 0.348. The van der Waals surface area contributed by atoms with E-state index in [9.17, 15) is 4.79 Å². The van der Waals surface area contributed by atoms with Crippen molar-refractivity contribution in [3.8, 4) is 34.8 Å². The number of benzene rings is 2. The van der Waals surface area contributed by atoms with Crippen molar-refractivity contribution in [2.75, 3.05) is 19.8 Å². The molecule has 0 radical (unpaired) electrons. The minimum absolute atomic E-state index is 0.175. The van der Waals surface area contributed by atoms with E-state index in [4.69, 9.17) is 18.9 Å². The fourth-order valence-electron chi connectivity index (χ4n) is 3.32. The Morgan fingerprint density at radius 3 is 2.86 bits per heavy atom. The largest absolute Gasteiger partial charge is 0.485 e. The van der Waals surface area contributed by atoms with E-state index in [-0.39, 0.29) is 31.3 Å². The molecular formula is C23H23NO5. The van der Waals surface area contributed by atoms with Gasteiger partial charge >= 0.3 is 0 Å². The summed E-state index contributed by atoms with van der Waals surface area (Å²) in [5, 5.41) is 2.74. The smallest absolute Gasteiger partial charge is 0.265 e. The van der Waals surface area contributed by atoms with E-state index in [1.165, 1.54) is 0 Å². The Morgan fingerprint density at radius 1 is 1.17 bits per heavy atom. The van der Waals surface area contributed by atoms with E-state index in [0.717, 1.165) is 17.7 Å². The Hall–Kier alpha value is -3.33. The third-order valence-electron chi connectivity index (χ3n) is 4.63. The molecule has 29 heavy (non-hydrogen) atoms. The second-order valence-corrected chi connectivity index (χ2v) is 7.51. The molecule has 0 spiro atoms. The van der Waals surface area contributed by atoms with Crippen LogP contribution in [0.25, 0.3) is 0 Å². The number of ether oxygens (including phenoxy) is 4. The van der Waals surface area contributed by atoms with Crippen molar-refractivity contribution in [1.29, 1.82) is 0 Å². The lowest BCUT2D eigenvalue weighted by Crippen LogP contribution is -2.44. The van der Waals surface area contributed by atoms with Gasteiger partial charge in [-0.1, -0.05) is 36.1 Å². The molecule has 0 bridgehead atoms. The molecule has 0 saturated heterocycles. The zero-order valence-electron chi connectivity index (χ0n) is 16.5. The van der Waals surface area contributed by atoms with Gasteiger partial charge in [-0.2, -0.15) is 0 Å². The molecule has 4 rings (SSSR count). The number of carbonyl (C=O) groups excluding carboxylic acids is 1. The van der Waals surface area contributed by atoms with Crippen molar-refractivity contribution in [2.45, 2.75) is 32.0 Å². The molecule has 0 fully saturated rings.